The van der Waals surface area contributed by atoms with Gasteiger partial charge in [0.05, 0.1) is 19.1 Å². The number of thiophene rings is 1. The molecule has 1 saturated heterocycles. The normalized spacial score (nSPS) is 18.7. The van der Waals surface area contributed by atoms with Crippen LogP contribution in [0.4, 0.5) is 4.39 Å². The zero-order valence-corrected chi connectivity index (χ0v) is 13.9. The van der Waals surface area contributed by atoms with Crippen LogP contribution in [0.2, 0.25) is 0 Å². The zero-order valence-electron chi connectivity index (χ0n) is 13.0. The average Bonchev–Trinajstić information content (AvgIpc) is 3.08. The summed E-state index contributed by atoms with van der Waals surface area (Å²) in [6, 6.07) is 9.70. The molecule has 0 radical (unpaired) electrons. The highest BCUT2D eigenvalue weighted by molar-refractivity contribution is 7.10. The Labute approximate surface area is 143 Å². The lowest BCUT2D eigenvalue weighted by molar-refractivity contribution is -0.885. The summed E-state index contributed by atoms with van der Waals surface area (Å²) >= 11 is 1.54. The molecule has 3 N–H and O–H groups in total. The van der Waals surface area contributed by atoms with Crippen molar-refractivity contribution in [1.29, 1.82) is 0 Å². The third-order valence-corrected chi connectivity index (χ3v) is 4.90. The minimum absolute atomic E-state index is 0.0302. The van der Waals surface area contributed by atoms with Gasteiger partial charge >= 0.3 is 0 Å². The summed E-state index contributed by atoms with van der Waals surface area (Å²) in [6.07, 6.45) is 0. The van der Waals surface area contributed by atoms with E-state index in [1.54, 1.807) is 12.1 Å². The first-order valence-electron chi connectivity index (χ1n) is 7.80. The van der Waals surface area contributed by atoms with E-state index in [2.05, 4.69) is 10.6 Å². The second-order valence-electron chi connectivity index (χ2n) is 5.77. The number of quaternary nitrogens is 1. The molecule has 3 rings (SSSR count). The Bertz CT molecular complexity index is 703. The number of benzene rings is 1. The molecule has 0 spiro atoms. The van der Waals surface area contributed by atoms with Gasteiger partial charge in [0.1, 0.15) is 5.82 Å². The van der Waals surface area contributed by atoms with Crippen molar-refractivity contribution in [2.24, 2.45) is 0 Å². The van der Waals surface area contributed by atoms with Crippen molar-refractivity contribution < 1.29 is 18.9 Å². The molecular weight excluding hydrogens is 329 g/mol. The molecule has 1 aromatic carbocycles. The third kappa shape index (κ3) is 4.18. The highest BCUT2D eigenvalue weighted by Gasteiger charge is 2.24. The molecule has 1 aromatic heterocycles. The van der Waals surface area contributed by atoms with Crippen LogP contribution in [0.15, 0.2) is 41.8 Å². The number of amides is 2. The quantitative estimate of drug-likeness (QED) is 0.718. The molecule has 0 aliphatic carbocycles. The minimum Gasteiger partial charge on any atom is -0.346 e. The summed E-state index contributed by atoms with van der Waals surface area (Å²) in [5.41, 5.74) is 0.832. The molecule has 2 amide bonds. The van der Waals surface area contributed by atoms with Gasteiger partial charge in [-0.05, 0) is 29.1 Å². The summed E-state index contributed by atoms with van der Waals surface area (Å²) < 4.78 is 13.2. The van der Waals surface area contributed by atoms with Crippen molar-refractivity contribution in [2.75, 3.05) is 26.2 Å². The molecular formula is C17H19FN3O2S+. The minimum atomic E-state index is -0.309. The lowest BCUT2D eigenvalue weighted by Gasteiger charge is -2.24. The predicted octanol–water partition coefficient (Wildman–Crippen LogP) is 0.108. The van der Waals surface area contributed by atoms with Gasteiger partial charge in [-0.2, -0.15) is 0 Å². The molecule has 24 heavy (non-hydrogen) atoms. The van der Waals surface area contributed by atoms with E-state index in [0.717, 1.165) is 21.9 Å². The second-order valence-corrected chi connectivity index (χ2v) is 6.75. The van der Waals surface area contributed by atoms with Crippen LogP contribution in [-0.4, -0.2) is 38.0 Å². The predicted molar refractivity (Wildman–Crippen MR) is 89.3 cm³/mol. The highest BCUT2D eigenvalue weighted by Crippen LogP contribution is 2.26. The van der Waals surface area contributed by atoms with E-state index in [4.69, 9.17) is 0 Å². The van der Waals surface area contributed by atoms with Crippen LogP contribution in [0.25, 0.3) is 0 Å². The van der Waals surface area contributed by atoms with Crippen molar-refractivity contribution in [3.63, 3.8) is 0 Å². The van der Waals surface area contributed by atoms with Gasteiger partial charge < -0.3 is 15.5 Å². The van der Waals surface area contributed by atoms with Gasteiger partial charge in [-0.3, -0.25) is 9.59 Å². The van der Waals surface area contributed by atoms with Gasteiger partial charge in [0.25, 0.3) is 11.8 Å². The number of nitrogens with one attached hydrogen (secondary N) is 3. The number of carbonyl (C=O) groups excluding carboxylic acids is 2. The van der Waals surface area contributed by atoms with E-state index in [9.17, 15) is 14.0 Å². The van der Waals surface area contributed by atoms with Crippen LogP contribution < -0.4 is 15.5 Å². The van der Waals surface area contributed by atoms with E-state index in [-0.39, 0.29) is 30.2 Å². The summed E-state index contributed by atoms with van der Waals surface area (Å²) in [5.74, 6) is -0.460. The Balaban J connectivity index is 1.71. The van der Waals surface area contributed by atoms with Gasteiger partial charge in [0.2, 0.25) is 0 Å². The van der Waals surface area contributed by atoms with E-state index in [1.165, 1.54) is 23.5 Å². The molecule has 1 unspecified atom stereocenters. The zero-order chi connectivity index (χ0) is 16.9. The second kappa shape index (κ2) is 7.55. The largest absolute Gasteiger partial charge is 0.346 e. The summed E-state index contributed by atoms with van der Waals surface area (Å²) in [5, 5.41) is 7.71. The van der Waals surface area contributed by atoms with Gasteiger partial charge in [-0.15, -0.1) is 11.3 Å². The summed E-state index contributed by atoms with van der Waals surface area (Å²) in [7, 11) is 0. The van der Waals surface area contributed by atoms with Crippen LogP contribution >= 0.6 is 11.3 Å². The molecule has 2 aromatic rings. The number of hydrogen-bond acceptors (Lipinski definition) is 3. The van der Waals surface area contributed by atoms with Gasteiger partial charge in [0, 0.05) is 4.88 Å². The van der Waals surface area contributed by atoms with E-state index in [1.807, 2.05) is 17.5 Å². The van der Waals surface area contributed by atoms with E-state index >= 15 is 0 Å². The SMILES string of the molecule is O=C1C[NH+](CC(=O)N[C@H](c2ccc(F)cc2)c2cccs2)CCN1. The molecule has 126 valence electrons. The van der Waals surface area contributed by atoms with Crippen molar-refractivity contribution >= 4 is 23.2 Å². The molecule has 2 heterocycles. The first kappa shape index (κ1) is 16.6. The van der Waals surface area contributed by atoms with Crippen LogP contribution in [-0.2, 0) is 9.59 Å². The number of piperazine rings is 1. The van der Waals surface area contributed by atoms with Gasteiger partial charge in [0.15, 0.2) is 13.1 Å². The molecule has 7 heteroatoms. The van der Waals surface area contributed by atoms with Crippen LogP contribution in [0, 0.1) is 5.82 Å². The van der Waals surface area contributed by atoms with Crippen molar-refractivity contribution in [1.82, 2.24) is 10.6 Å². The Morgan fingerprint density at radius 3 is 2.79 bits per heavy atom. The summed E-state index contributed by atoms with van der Waals surface area (Å²) in [4.78, 5) is 25.8. The third-order valence-electron chi connectivity index (χ3n) is 3.96. The fourth-order valence-corrected chi connectivity index (χ4v) is 3.58. The van der Waals surface area contributed by atoms with Crippen molar-refractivity contribution in [2.45, 2.75) is 6.04 Å². The first-order chi connectivity index (χ1) is 11.6. The highest BCUT2D eigenvalue weighted by atomic mass is 32.1. The molecule has 1 fully saturated rings. The van der Waals surface area contributed by atoms with E-state index < -0.39 is 0 Å². The van der Waals surface area contributed by atoms with Gasteiger partial charge in [-0.25, -0.2) is 4.39 Å². The molecule has 0 bridgehead atoms. The molecule has 1 aliphatic heterocycles. The van der Waals surface area contributed by atoms with E-state index in [0.29, 0.717) is 13.1 Å². The monoisotopic (exact) mass is 348 g/mol. The molecule has 1 aliphatic rings. The van der Waals surface area contributed by atoms with Crippen LogP contribution in [0.1, 0.15) is 16.5 Å². The maximum atomic E-state index is 13.2. The van der Waals surface area contributed by atoms with Gasteiger partial charge in [-0.1, -0.05) is 18.2 Å². The molecule has 2 atom stereocenters. The van der Waals surface area contributed by atoms with Crippen molar-refractivity contribution in [3.05, 3.63) is 58.0 Å². The van der Waals surface area contributed by atoms with Crippen molar-refractivity contribution in [3.8, 4) is 0 Å². The number of carbonyl (C=O) groups is 2. The topological polar surface area (TPSA) is 62.6 Å². The number of halogens is 1. The standard InChI is InChI=1S/C17H18FN3O2S/c18-13-5-3-12(4-6-13)17(14-2-1-9-24-14)20-16(23)11-21-8-7-19-15(22)10-21/h1-6,9,17H,7-8,10-11H2,(H,19,22)(H,20,23)/p+1/t17-/m1/s1. The lowest BCUT2D eigenvalue weighted by Crippen LogP contribution is -3.16. The average molecular weight is 348 g/mol. The number of hydrogen-bond donors (Lipinski definition) is 3. The Hall–Kier alpha value is -2.25. The number of rotatable bonds is 5. The first-order valence-corrected chi connectivity index (χ1v) is 8.68. The Kier molecular flexibility index (Phi) is 5.22. The fraction of sp³-hybridized carbons (Fsp3) is 0.294. The van der Waals surface area contributed by atoms with Crippen LogP contribution in [0.3, 0.4) is 0 Å². The molecule has 0 saturated carbocycles. The fourth-order valence-electron chi connectivity index (χ4n) is 2.78. The lowest BCUT2D eigenvalue weighted by atomic mass is 10.1. The Morgan fingerprint density at radius 2 is 2.12 bits per heavy atom. The van der Waals surface area contributed by atoms with Crippen LogP contribution in [0.5, 0.6) is 0 Å². The smallest absolute Gasteiger partial charge is 0.275 e. The summed E-state index contributed by atoms with van der Waals surface area (Å²) in [6.45, 7) is 1.89. The maximum Gasteiger partial charge on any atom is 0.275 e. The molecule has 5 nitrogen and oxygen atoms in total. The Morgan fingerprint density at radius 1 is 1.33 bits per heavy atom. The maximum absolute atomic E-state index is 13.2.